The zero-order valence-corrected chi connectivity index (χ0v) is 10.7. The molecule has 3 nitrogen and oxygen atoms in total. The van der Waals surface area contributed by atoms with Crippen LogP contribution in [0, 0.1) is 5.82 Å². The summed E-state index contributed by atoms with van der Waals surface area (Å²) in [5.41, 5.74) is -0.190. The zero-order valence-electron chi connectivity index (χ0n) is 10.7. The first-order chi connectivity index (χ1) is 9.36. The summed E-state index contributed by atoms with van der Waals surface area (Å²) in [6.07, 6.45) is 3.79. The molecule has 2 rings (SSSR count). The molecule has 0 saturated heterocycles. The second kappa shape index (κ2) is 5.56. The molecule has 0 unspecified atom stereocenters. The van der Waals surface area contributed by atoms with Crippen LogP contribution in [0.15, 0.2) is 30.6 Å². The van der Waals surface area contributed by atoms with E-state index >= 15 is 0 Å². The number of hydrogen-bond acceptors (Lipinski definition) is 2. The second-order valence-corrected chi connectivity index (χ2v) is 4.38. The van der Waals surface area contributed by atoms with Crippen LogP contribution in [-0.2, 0) is 13.5 Å². The molecule has 0 aliphatic rings. The Balaban J connectivity index is 2.06. The molecule has 1 heterocycles. The molecule has 0 spiro atoms. The van der Waals surface area contributed by atoms with Gasteiger partial charge in [-0.2, -0.15) is 5.10 Å². The highest BCUT2D eigenvalue weighted by Crippen LogP contribution is 2.19. The van der Waals surface area contributed by atoms with Gasteiger partial charge in [0, 0.05) is 19.7 Å². The molecule has 8 heteroatoms. The zero-order chi connectivity index (χ0) is 14.8. The molecule has 0 aliphatic heterocycles. The van der Waals surface area contributed by atoms with Gasteiger partial charge in [0.15, 0.2) is 0 Å². The normalized spacial score (nSPS) is 11.7. The number of halogens is 4. The molecule has 0 N–H and O–H groups in total. The maximum atomic E-state index is 12.9. The third-order valence-corrected chi connectivity index (χ3v) is 2.73. The van der Waals surface area contributed by atoms with Crippen molar-refractivity contribution in [1.29, 1.82) is 0 Å². The molecule has 20 heavy (non-hydrogen) atoms. The van der Waals surface area contributed by atoms with Gasteiger partial charge in [0.05, 0.1) is 18.6 Å². The number of aromatic nitrogens is 2. The SMILES string of the molecule is Cn1cc(CCOc2ccc(F)cc2[B-](F)(F)F)cn1. The molecular weight excluding hydrogens is 275 g/mol. The van der Waals surface area contributed by atoms with Gasteiger partial charge in [0.25, 0.3) is 0 Å². The molecule has 1 aromatic carbocycles. The number of nitrogens with zero attached hydrogens (tertiary/aromatic N) is 2. The van der Waals surface area contributed by atoms with E-state index in [1.165, 1.54) is 0 Å². The molecule has 0 saturated carbocycles. The van der Waals surface area contributed by atoms with Crippen molar-refractivity contribution in [2.45, 2.75) is 6.42 Å². The summed E-state index contributed by atoms with van der Waals surface area (Å²) in [4.78, 5) is 0. The fourth-order valence-electron chi connectivity index (χ4n) is 1.79. The van der Waals surface area contributed by atoms with Gasteiger partial charge < -0.3 is 17.7 Å². The fourth-order valence-corrected chi connectivity index (χ4v) is 1.79. The Morgan fingerprint density at radius 2 is 2.05 bits per heavy atom. The first-order valence-electron chi connectivity index (χ1n) is 5.96. The van der Waals surface area contributed by atoms with Crippen molar-refractivity contribution in [3.63, 3.8) is 0 Å². The molecule has 0 radical (unpaired) electrons. The Morgan fingerprint density at radius 3 is 2.65 bits per heavy atom. The van der Waals surface area contributed by atoms with Gasteiger partial charge in [-0.1, -0.05) is 5.46 Å². The highest BCUT2D eigenvalue weighted by Gasteiger charge is 2.29. The lowest BCUT2D eigenvalue weighted by molar-refractivity contribution is 0.322. The summed E-state index contributed by atoms with van der Waals surface area (Å²) in [6.45, 7) is -5.24. The number of hydrogen-bond donors (Lipinski definition) is 0. The van der Waals surface area contributed by atoms with E-state index in [0.717, 1.165) is 17.7 Å². The molecule has 108 valence electrons. The van der Waals surface area contributed by atoms with E-state index in [2.05, 4.69) is 5.10 Å². The van der Waals surface area contributed by atoms with Gasteiger partial charge >= 0.3 is 6.98 Å². The smallest absolute Gasteiger partial charge is 0.496 e. The van der Waals surface area contributed by atoms with Crippen LogP contribution < -0.4 is 10.2 Å². The van der Waals surface area contributed by atoms with Crippen LogP contribution >= 0.6 is 0 Å². The summed E-state index contributed by atoms with van der Waals surface area (Å²) in [5.74, 6) is -1.28. The van der Waals surface area contributed by atoms with Crippen molar-refractivity contribution < 1.29 is 22.1 Å². The lowest BCUT2D eigenvalue weighted by atomic mass is 9.79. The lowest BCUT2D eigenvalue weighted by Crippen LogP contribution is -2.35. The summed E-state index contributed by atoms with van der Waals surface area (Å²) in [6, 6.07) is 2.41. The number of ether oxygens (including phenoxy) is 1. The number of benzene rings is 1. The fraction of sp³-hybridized carbons (Fsp3) is 0.250. The van der Waals surface area contributed by atoms with E-state index in [1.54, 1.807) is 24.1 Å². The summed E-state index contributed by atoms with van der Waals surface area (Å²) < 4.78 is 58.0. The number of aryl methyl sites for hydroxylation is 1. The number of rotatable bonds is 5. The van der Waals surface area contributed by atoms with Gasteiger partial charge in [-0.05, 0) is 23.8 Å². The van der Waals surface area contributed by atoms with Crippen LogP contribution in [0.1, 0.15) is 5.56 Å². The molecule has 0 bridgehead atoms. The molecule has 0 amide bonds. The average Bonchev–Trinajstić information content (AvgIpc) is 2.76. The Morgan fingerprint density at radius 1 is 1.30 bits per heavy atom. The quantitative estimate of drug-likeness (QED) is 0.623. The molecule has 0 fully saturated rings. The van der Waals surface area contributed by atoms with E-state index in [0.29, 0.717) is 12.5 Å². The summed E-state index contributed by atoms with van der Waals surface area (Å²) in [5, 5.41) is 3.95. The van der Waals surface area contributed by atoms with E-state index in [-0.39, 0.29) is 12.4 Å². The lowest BCUT2D eigenvalue weighted by Gasteiger charge is -2.19. The first kappa shape index (κ1) is 14.4. The van der Waals surface area contributed by atoms with Crippen LogP contribution in [0.3, 0.4) is 0 Å². The Bertz CT molecular complexity index is 597. The maximum Gasteiger partial charge on any atom is 0.513 e. The van der Waals surface area contributed by atoms with Crippen molar-refractivity contribution in [3.8, 4) is 5.75 Å². The van der Waals surface area contributed by atoms with Crippen molar-refractivity contribution in [3.05, 3.63) is 42.0 Å². The Kier molecular flexibility index (Phi) is 4.01. The van der Waals surface area contributed by atoms with Crippen LogP contribution in [0.5, 0.6) is 5.75 Å². The summed E-state index contributed by atoms with van der Waals surface area (Å²) in [7, 11) is 1.74. The van der Waals surface area contributed by atoms with Gasteiger partial charge in [0.1, 0.15) is 5.82 Å². The minimum absolute atomic E-state index is 0.0660. The first-order valence-corrected chi connectivity index (χ1v) is 5.96. The maximum absolute atomic E-state index is 12.9. The second-order valence-electron chi connectivity index (χ2n) is 4.38. The summed E-state index contributed by atoms with van der Waals surface area (Å²) >= 11 is 0. The molecule has 2 aromatic rings. The minimum Gasteiger partial charge on any atom is -0.496 e. The third-order valence-electron chi connectivity index (χ3n) is 2.73. The monoisotopic (exact) mass is 287 g/mol. The van der Waals surface area contributed by atoms with Crippen LogP contribution in [-0.4, -0.2) is 23.4 Å². The van der Waals surface area contributed by atoms with Crippen molar-refractivity contribution in [2.24, 2.45) is 7.05 Å². The minimum atomic E-state index is -5.31. The molecule has 0 aliphatic carbocycles. The van der Waals surface area contributed by atoms with E-state index in [9.17, 15) is 17.3 Å². The van der Waals surface area contributed by atoms with Crippen LogP contribution in [0.25, 0.3) is 0 Å². The van der Waals surface area contributed by atoms with Gasteiger partial charge in [-0.15, -0.1) is 0 Å². The van der Waals surface area contributed by atoms with Crippen LogP contribution in [0.4, 0.5) is 17.3 Å². The van der Waals surface area contributed by atoms with Gasteiger partial charge in [-0.3, -0.25) is 4.68 Å². The largest absolute Gasteiger partial charge is 0.513 e. The Labute approximate surface area is 113 Å². The van der Waals surface area contributed by atoms with Gasteiger partial charge in [0.2, 0.25) is 0 Å². The average molecular weight is 287 g/mol. The van der Waals surface area contributed by atoms with E-state index < -0.39 is 18.3 Å². The van der Waals surface area contributed by atoms with Gasteiger partial charge in [-0.25, -0.2) is 4.39 Å². The highest BCUT2D eigenvalue weighted by molar-refractivity contribution is 6.74. The molecular formula is C12H12BF4N2O-. The highest BCUT2D eigenvalue weighted by atomic mass is 19.4. The predicted octanol–water partition coefficient (Wildman–Crippen LogP) is 2.24. The van der Waals surface area contributed by atoms with Crippen molar-refractivity contribution in [2.75, 3.05) is 6.61 Å². The Hall–Kier alpha value is -1.99. The van der Waals surface area contributed by atoms with Crippen LogP contribution in [0.2, 0.25) is 0 Å². The van der Waals surface area contributed by atoms with Crippen molar-refractivity contribution in [1.82, 2.24) is 9.78 Å². The van der Waals surface area contributed by atoms with E-state index in [4.69, 9.17) is 4.74 Å². The standard InChI is InChI=1S/C12H12BF4N2O/c1-19-8-9(7-18-19)4-5-20-12-3-2-10(14)6-11(12)13(15,16)17/h2-3,6-8H,4-5H2,1H3/q-1. The topological polar surface area (TPSA) is 27.1 Å². The predicted molar refractivity (Wildman–Crippen MR) is 67.5 cm³/mol. The molecule has 0 atom stereocenters. The molecule has 1 aromatic heterocycles. The van der Waals surface area contributed by atoms with E-state index in [1.807, 2.05) is 0 Å². The third kappa shape index (κ3) is 3.52. The van der Waals surface area contributed by atoms with Crippen molar-refractivity contribution >= 4 is 12.4 Å².